The van der Waals surface area contributed by atoms with Crippen LogP contribution in [0.15, 0.2) is 36.5 Å². The fraction of sp³-hybridized carbons (Fsp3) is 0.368. The van der Waals surface area contributed by atoms with E-state index in [-0.39, 0.29) is 23.5 Å². The first-order valence-corrected chi connectivity index (χ1v) is 8.83. The number of anilines is 1. The molecular weight excluding hydrogens is 375 g/mol. The van der Waals surface area contributed by atoms with Gasteiger partial charge >= 0.3 is 6.36 Å². The number of hydrogen-bond acceptors (Lipinski definition) is 3. The van der Waals surface area contributed by atoms with Crippen LogP contribution in [0.4, 0.5) is 18.9 Å². The number of benzene rings is 1. The third-order valence-corrected chi connectivity index (χ3v) is 4.64. The van der Waals surface area contributed by atoms with Crippen LogP contribution in [0.5, 0.6) is 5.75 Å². The first-order valence-electron chi connectivity index (χ1n) is 8.83. The zero-order valence-electron chi connectivity index (χ0n) is 15.2. The summed E-state index contributed by atoms with van der Waals surface area (Å²) in [6.45, 7) is 2.77. The van der Waals surface area contributed by atoms with Crippen LogP contribution < -0.4 is 10.1 Å². The fourth-order valence-electron chi connectivity index (χ4n) is 3.36. The van der Waals surface area contributed by atoms with Crippen molar-refractivity contribution in [1.29, 1.82) is 0 Å². The van der Waals surface area contributed by atoms with Gasteiger partial charge < -0.3 is 19.9 Å². The molecule has 150 valence electrons. The first-order chi connectivity index (χ1) is 13.2. The van der Waals surface area contributed by atoms with Crippen molar-refractivity contribution in [1.82, 2.24) is 9.88 Å². The van der Waals surface area contributed by atoms with Gasteiger partial charge in [0, 0.05) is 43.5 Å². The number of nitrogens with one attached hydrogen (secondary N) is 2. The molecule has 1 aromatic carbocycles. The fourth-order valence-corrected chi connectivity index (χ4v) is 3.36. The lowest BCUT2D eigenvalue weighted by molar-refractivity contribution is -0.274. The molecule has 0 saturated carbocycles. The molecule has 6 nitrogen and oxygen atoms in total. The van der Waals surface area contributed by atoms with Crippen LogP contribution in [0.2, 0.25) is 0 Å². The quantitative estimate of drug-likeness (QED) is 0.825. The number of hydrogen-bond donors (Lipinski definition) is 2. The lowest BCUT2D eigenvalue weighted by Gasteiger charge is -2.32. The van der Waals surface area contributed by atoms with E-state index in [0.717, 1.165) is 30.7 Å². The van der Waals surface area contributed by atoms with Crippen molar-refractivity contribution in [2.45, 2.75) is 32.0 Å². The topological polar surface area (TPSA) is 74.4 Å². The number of nitrogens with zero attached hydrogens (tertiary/aromatic N) is 1. The highest BCUT2D eigenvalue weighted by Gasteiger charge is 2.31. The number of halogens is 3. The van der Waals surface area contributed by atoms with E-state index < -0.39 is 6.36 Å². The van der Waals surface area contributed by atoms with Crippen molar-refractivity contribution in [2.75, 3.05) is 18.4 Å². The number of aromatic nitrogens is 1. The van der Waals surface area contributed by atoms with Gasteiger partial charge in [0.2, 0.25) is 5.91 Å². The Bertz CT molecular complexity index is 846. The normalized spacial score (nSPS) is 17.3. The van der Waals surface area contributed by atoms with Crippen molar-refractivity contribution in [3.05, 3.63) is 47.8 Å². The third-order valence-electron chi connectivity index (χ3n) is 4.64. The molecule has 1 aliphatic rings. The Hall–Kier alpha value is -2.97. The molecule has 0 radical (unpaired) electrons. The molecule has 0 unspecified atom stereocenters. The number of rotatable bonds is 4. The van der Waals surface area contributed by atoms with E-state index in [1.54, 1.807) is 17.2 Å². The summed E-state index contributed by atoms with van der Waals surface area (Å²) in [6, 6.07) is 6.59. The Morgan fingerprint density at radius 2 is 1.93 bits per heavy atom. The second kappa shape index (κ2) is 7.95. The molecule has 1 fully saturated rings. The van der Waals surface area contributed by atoms with E-state index >= 15 is 0 Å². The smallest absolute Gasteiger partial charge is 0.406 e. The highest BCUT2D eigenvalue weighted by molar-refractivity contribution is 6.05. The average Bonchev–Trinajstić information content (AvgIpc) is 3.12. The minimum atomic E-state index is -4.77. The van der Waals surface area contributed by atoms with Crippen molar-refractivity contribution in [2.24, 2.45) is 0 Å². The van der Waals surface area contributed by atoms with Crippen molar-refractivity contribution in [3.8, 4) is 5.75 Å². The standard InChI is InChI=1S/C19H20F3N3O3/c1-12(26)25-10-2-3-13(11-25)17-16(8-9-23-17)18(27)24-14-4-6-15(7-5-14)28-19(20,21)22/h4-9,13,23H,2-3,10-11H2,1H3,(H,24,27)/t13-/m0/s1. The van der Waals surface area contributed by atoms with E-state index in [1.807, 2.05) is 0 Å². The molecule has 2 heterocycles. The second-order valence-electron chi connectivity index (χ2n) is 6.64. The van der Waals surface area contributed by atoms with Crippen LogP contribution in [0.1, 0.15) is 41.7 Å². The molecule has 1 aromatic heterocycles. The van der Waals surface area contributed by atoms with Gasteiger partial charge in [-0.05, 0) is 43.2 Å². The molecule has 1 atom stereocenters. The van der Waals surface area contributed by atoms with Gasteiger partial charge in [-0.3, -0.25) is 9.59 Å². The van der Waals surface area contributed by atoms with Crippen LogP contribution in [-0.2, 0) is 4.79 Å². The summed E-state index contributed by atoms with van der Waals surface area (Å²) in [5.41, 5.74) is 1.55. The lowest BCUT2D eigenvalue weighted by Crippen LogP contribution is -2.38. The van der Waals surface area contributed by atoms with Crippen molar-refractivity contribution >= 4 is 17.5 Å². The molecule has 1 aliphatic heterocycles. The summed E-state index contributed by atoms with van der Waals surface area (Å²) in [4.78, 5) is 29.1. The largest absolute Gasteiger partial charge is 0.573 e. The number of ether oxygens (including phenoxy) is 1. The molecule has 2 aromatic rings. The van der Waals surface area contributed by atoms with Gasteiger partial charge in [-0.1, -0.05) is 0 Å². The number of carbonyl (C=O) groups is 2. The van der Waals surface area contributed by atoms with Crippen LogP contribution >= 0.6 is 0 Å². The van der Waals surface area contributed by atoms with Gasteiger partial charge in [0.25, 0.3) is 5.91 Å². The highest BCUT2D eigenvalue weighted by atomic mass is 19.4. The zero-order valence-corrected chi connectivity index (χ0v) is 15.2. The maximum Gasteiger partial charge on any atom is 0.573 e. The van der Waals surface area contributed by atoms with E-state index in [0.29, 0.717) is 24.3 Å². The van der Waals surface area contributed by atoms with Gasteiger partial charge in [-0.25, -0.2) is 0 Å². The summed E-state index contributed by atoms with van der Waals surface area (Å²) < 4.78 is 40.5. The summed E-state index contributed by atoms with van der Waals surface area (Å²) >= 11 is 0. The average molecular weight is 395 g/mol. The Kier molecular flexibility index (Phi) is 5.62. The number of likely N-dealkylation sites (tertiary alicyclic amines) is 1. The molecule has 0 aliphatic carbocycles. The number of amides is 2. The Morgan fingerprint density at radius 3 is 2.57 bits per heavy atom. The SMILES string of the molecule is CC(=O)N1CCC[C@H](c2[nH]ccc2C(=O)Nc2ccc(OC(F)(F)F)cc2)C1. The molecule has 2 N–H and O–H groups in total. The molecular formula is C19H20F3N3O3. The van der Waals surface area contributed by atoms with Crippen LogP contribution in [0, 0.1) is 0 Å². The zero-order chi connectivity index (χ0) is 20.3. The number of carbonyl (C=O) groups excluding carboxylic acids is 2. The van der Waals surface area contributed by atoms with E-state index in [1.165, 1.54) is 19.1 Å². The maximum absolute atomic E-state index is 12.6. The van der Waals surface area contributed by atoms with Crippen molar-refractivity contribution in [3.63, 3.8) is 0 Å². The molecule has 0 bridgehead atoms. The summed E-state index contributed by atoms with van der Waals surface area (Å²) in [7, 11) is 0. The Morgan fingerprint density at radius 1 is 1.21 bits per heavy atom. The lowest BCUT2D eigenvalue weighted by atomic mass is 9.92. The Labute approximate surface area is 159 Å². The van der Waals surface area contributed by atoms with Crippen molar-refractivity contribution < 1.29 is 27.5 Å². The van der Waals surface area contributed by atoms with E-state index in [4.69, 9.17) is 0 Å². The highest BCUT2D eigenvalue weighted by Crippen LogP contribution is 2.29. The van der Waals surface area contributed by atoms with Gasteiger partial charge in [0.05, 0.1) is 5.56 Å². The summed E-state index contributed by atoms with van der Waals surface area (Å²) in [6.07, 6.45) is -1.39. The minimum absolute atomic E-state index is 0.00317. The monoisotopic (exact) mass is 395 g/mol. The molecule has 28 heavy (non-hydrogen) atoms. The first kappa shape index (κ1) is 19.8. The third kappa shape index (κ3) is 4.85. The van der Waals surface area contributed by atoms with Gasteiger partial charge in [0.1, 0.15) is 5.75 Å². The van der Waals surface area contributed by atoms with Gasteiger partial charge in [-0.15, -0.1) is 13.2 Å². The van der Waals surface area contributed by atoms with E-state index in [2.05, 4.69) is 15.0 Å². The predicted octanol–water partition coefficient (Wildman–Crippen LogP) is 3.89. The maximum atomic E-state index is 12.6. The van der Waals surface area contributed by atoms with Gasteiger partial charge in [0.15, 0.2) is 0 Å². The van der Waals surface area contributed by atoms with Crippen LogP contribution in [-0.4, -0.2) is 41.2 Å². The predicted molar refractivity (Wildman–Crippen MR) is 96.1 cm³/mol. The molecule has 0 spiro atoms. The second-order valence-corrected chi connectivity index (χ2v) is 6.64. The number of aromatic amines is 1. The summed E-state index contributed by atoms with van der Waals surface area (Å²) in [5, 5.41) is 2.67. The molecule has 2 amide bonds. The van der Waals surface area contributed by atoms with Gasteiger partial charge in [-0.2, -0.15) is 0 Å². The van der Waals surface area contributed by atoms with Crippen LogP contribution in [0.25, 0.3) is 0 Å². The summed E-state index contributed by atoms with van der Waals surface area (Å²) in [5.74, 6) is -0.709. The number of piperidine rings is 1. The molecule has 1 saturated heterocycles. The number of alkyl halides is 3. The molecule has 3 rings (SSSR count). The van der Waals surface area contributed by atoms with Crippen LogP contribution in [0.3, 0.4) is 0 Å². The molecule has 9 heteroatoms. The Balaban J connectivity index is 1.69. The number of H-pyrrole nitrogens is 1. The van der Waals surface area contributed by atoms with E-state index in [9.17, 15) is 22.8 Å². The minimum Gasteiger partial charge on any atom is -0.406 e.